The van der Waals surface area contributed by atoms with Crippen LogP contribution in [0.5, 0.6) is 0 Å². The Labute approximate surface area is 124 Å². The summed E-state index contributed by atoms with van der Waals surface area (Å²) < 4.78 is 0.589. The molecular formula is C12H14BrN5O2. The van der Waals surface area contributed by atoms with Crippen molar-refractivity contribution in [3.63, 3.8) is 0 Å². The molecule has 2 aromatic rings. The summed E-state index contributed by atoms with van der Waals surface area (Å²) in [4.78, 5) is 14.2. The lowest BCUT2D eigenvalue weighted by Crippen LogP contribution is -2.05. The number of aromatic amines is 1. The maximum absolute atomic E-state index is 10.6. The van der Waals surface area contributed by atoms with Crippen LogP contribution in [0.25, 0.3) is 0 Å². The van der Waals surface area contributed by atoms with Crippen molar-refractivity contribution in [3.8, 4) is 0 Å². The van der Waals surface area contributed by atoms with Crippen LogP contribution in [-0.4, -0.2) is 26.6 Å². The van der Waals surface area contributed by atoms with Crippen LogP contribution in [0.1, 0.15) is 17.7 Å². The Bertz CT molecular complexity index is 614. The topological polar surface area (TPSA) is 96.7 Å². The van der Waals surface area contributed by atoms with Crippen molar-refractivity contribution in [2.45, 2.75) is 19.8 Å². The van der Waals surface area contributed by atoms with Gasteiger partial charge in [-0.2, -0.15) is 5.10 Å². The van der Waals surface area contributed by atoms with Crippen LogP contribution in [0.3, 0.4) is 0 Å². The summed E-state index contributed by atoms with van der Waals surface area (Å²) in [5, 5.41) is 20.6. The van der Waals surface area contributed by atoms with Gasteiger partial charge in [-0.3, -0.25) is 15.2 Å². The predicted molar refractivity (Wildman–Crippen MR) is 78.7 cm³/mol. The van der Waals surface area contributed by atoms with Gasteiger partial charge in [0.2, 0.25) is 0 Å². The van der Waals surface area contributed by atoms with E-state index in [2.05, 4.69) is 36.4 Å². The number of halogens is 1. The zero-order valence-electron chi connectivity index (χ0n) is 10.9. The third-order valence-electron chi connectivity index (χ3n) is 2.89. The Morgan fingerprint density at radius 1 is 1.50 bits per heavy atom. The predicted octanol–water partition coefficient (Wildman–Crippen LogP) is 2.83. The molecule has 7 nitrogen and oxygen atoms in total. The summed E-state index contributed by atoms with van der Waals surface area (Å²) in [6.07, 6.45) is 4.91. The fourth-order valence-electron chi connectivity index (χ4n) is 1.77. The van der Waals surface area contributed by atoms with Crippen LogP contribution in [0, 0.1) is 17.0 Å². The molecule has 20 heavy (non-hydrogen) atoms. The lowest BCUT2D eigenvalue weighted by molar-refractivity contribution is -0.385. The molecule has 0 aliphatic carbocycles. The molecule has 106 valence electrons. The molecule has 0 bridgehead atoms. The highest BCUT2D eigenvalue weighted by molar-refractivity contribution is 9.10. The molecule has 0 atom stereocenters. The molecule has 2 N–H and O–H groups in total. The number of aryl methyl sites for hydroxylation is 2. The molecule has 0 saturated heterocycles. The quantitative estimate of drug-likeness (QED) is 0.479. The molecule has 2 heterocycles. The van der Waals surface area contributed by atoms with E-state index in [1.807, 2.05) is 13.1 Å². The Hall–Kier alpha value is -1.96. The number of aromatic nitrogens is 3. The average Bonchev–Trinajstić information content (AvgIpc) is 2.81. The first-order valence-electron chi connectivity index (χ1n) is 6.10. The fraction of sp³-hybridized carbons (Fsp3) is 0.333. The molecule has 0 unspecified atom stereocenters. The Balaban J connectivity index is 1.85. The molecule has 2 aromatic heterocycles. The summed E-state index contributed by atoms with van der Waals surface area (Å²) in [5.41, 5.74) is 2.25. The number of nitrogens with zero attached hydrogens (tertiary/aromatic N) is 3. The number of hydrogen-bond donors (Lipinski definition) is 2. The minimum atomic E-state index is -0.469. The van der Waals surface area contributed by atoms with Crippen LogP contribution >= 0.6 is 15.9 Å². The largest absolute Gasteiger partial charge is 0.369 e. The lowest BCUT2D eigenvalue weighted by Gasteiger charge is -2.07. The van der Waals surface area contributed by atoms with E-state index in [1.165, 1.54) is 17.8 Å². The van der Waals surface area contributed by atoms with E-state index >= 15 is 0 Å². The highest BCUT2D eigenvalue weighted by atomic mass is 79.9. The zero-order valence-corrected chi connectivity index (χ0v) is 12.5. The maximum Gasteiger partial charge on any atom is 0.288 e. The number of pyridine rings is 1. The Kier molecular flexibility index (Phi) is 4.67. The van der Waals surface area contributed by atoms with Crippen molar-refractivity contribution in [1.82, 2.24) is 15.2 Å². The highest BCUT2D eigenvalue weighted by Crippen LogP contribution is 2.24. The second-order valence-corrected chi connectivity index (χ2v) is 5.19. The third-order valence-corrected chi connectivity index (χ3v) is 3.49. The van der Waals surface area contributed by atoms with Gasteiger partial charge in [0.05, 0.1) is 15.6 Å². The molecule has 0 aliphatic rings. The molecule has 0 saturated carbocycles. The lowest BCUT2D eigenvalue weighted by atomic mass is 10.1. The Morgan fingerprint density at radius 3 is 2.90 bits per heavy atom. The third kappa shape index (κ3) is 3.53. The van der Waals surface area contributed by atoms with Gasteiger partial charge in [0.25, 0.3) is 5.69 Å². The molecular weight excluding hydrogens is 326 g/mol. The SMILES string of the molecule is Cc1[nH]ncc1CCCNc1ncc([N+](=O)[O-])cc1Br. The van der Waals surface area contributed by atoms with Crippen LogP contribution in [-0.2, 0) is 6.42 Å². The number of rotatable bonds is 6. The second kappa shape index (κ2) is 6.47. The van der Waals surface area contributed by atoms with E-state index in [9.17, 15) is 10.1 Å². The van der Waals surface area contributed by atoms with Gasteiger partial charge in [-0.1, -0.05) is 0 Å². The van der Waals surface area contributed by atoms with Crippen LogP contribution < -0.4 is 5.32 Å². The molecule has 0 amide bonds. The molecule has 0 aromatic carbocycles. The van der Waals surface area contributed by atoms with Crippen molar-refractivity contribution in [2.24, 2.45) is 0 Å². The summed E-state index contributed by atoms with van der Waals surface area (Å²) >= 11 is 3.27. The van der Waals surface area contributed by atoms with Crippen LogP contribution in [0.4, 0.5) is 11.5 Å². The van der Waals surface area contributed by atoms with E-state index in [1.54, 1.807) is 0 Å². The fourth-order valence-corrected chi connectivity index (χ4v) is 2.25. The van der Waals surface area contributed by atoms with Crippen molar-refractivity contribution < 1.29 is 4.92 Å². The van der Waals surface area contributed by atoms with E-state index in [4.69, 9.17) is 0 Å². The van der Waals surface area contributed by atoms with Crippen molar-refractivity contribution >= 4 is 27.4 Å². The number of nitrogens with one attached hydrogen (secondary N) is 2. The maximum atomic E-state index is 10.6. The number of hydrogen-bond acceptors (Lipinski definition) is 5. The van der Waals surface area contributed by atoms with Crippen molar-refractivity contribution in [3.05, 3.63) is 44.3 Å². The van der Waals surface area contributed by atoms with Gasteiger partial charge in [0, 0.05) is 18.3 Å². The number of H-pyrrole nitrogens is 1. The van der Waals surface area contributed by atoms with E-state index < -0.39 is 4.92 Å². The van der Waals surface area contributed by atoms with Gasteiger partial charge in [-0.25, -0.2) is 4.98 Å². The van der Waals surface area contributed by atoms with Gasteiger partial charge in [-0.15, -0.1) is 0 Å². The standard InChI is InChI=1S/C12H14BrN5O2/c1-8-9(6-16-17-8)3-2-4-14-12-11(13)5-10(7-15-12)18(19)20/h5-7H,2-4H2,1H3,(H,14,15)(H,16,17). The van der Waals surface area contributed by atoms with Crippen LogP contribution in [0.15, 0.2) is 22.9 Å². The zero-order chi connectivity index (χ0) is 14.5. The number of nitro groups is 1. The summed E-state index contributed by atoms with van der Waals surface area (Å²) in [6, 6.07) is 1.44. The molecule has 0 spiro atoms. The van der Waals surface area contributed by atoms with Gasteiger partial charge in [0.1, 0.15) is 12.0 Å². The van der Waals surface area contributed by atoms with Crippen molar-refractivity contribution in [2.75, 3.05) is 11.9 Å². The van der Waals surface area contributed by atoms with Gasteiger partial charge in [-0.05, 0) is 41.3 Å². The molecule has 0 fully saturated rings. The molecule has 2 rings (SSSR count). The molecule has 0 radical (unpaired) electrons. The van der Waals surface area contributed by atoms with Gasteiger partial charge < -0.3 is 5.32 Å². The van der Waals surface area contributed by atoms with E-state index in [-0.39, 0.29) is 5.69 Å². The minimum absolute atomic E-state index is 0.0311. The molecule has 8 heteroatoms. The normalized spacial score (nSPS) is 10.5. The van der Waals surface area contributed by atoms with Crippen LogP contribution in [0.2, 0.25) is 0 Å². The smallest absolute Gasteiger partial charge is 0.288 e. The van der Waals surface area contributed by atoms with Crippen molar-refractivity contribution in [1.29, 1.82) is 0 Å². The molecule has 0 aliphatic heterocycles. The van der Waals surface area contributed by atoms with Gasteiger partial charge in [0.15, 0.2) is 0 Å². The second-order valence-electron chi connectivity index (χ2n) is 4.33. The summed E-state index contributed by atoms with van der Waals surface area (Å²) in [6.45, 7) is 2.72. The monoisotopic (exact) mass is 339 g/mol. The number of anilines is 1. The first-order valence-corrected chi connectivity index (χ1v) is 6.90. The highest BCUT2D eigenvalue weighted by Gasteiger charge is 2.10. The average molecular weight is 340 g/mol. The first kappa shape index (κ1) is 14.4. The summed E-state index contributed by atoms with van der Waals surface area (Å²) in [5.74, 6) is 0.611. The minimum Gasteiger partial charge on any atom is -0.369 e. The Morgan fingerprint density at radius 2 is 2.30 bits per heavy atom. The first-order chi connectivity index (χ1) is 9.58. The summed E-state index contributed by atoms with van der Waals surface area (Å²) in [7, 11) is 0. The van der Waals surface area contributed by atoms with Gasteiger partial charge >= 0.3 is 0 Å². The van der Waals surface area contributed by atoms with E-state index in [0.29, 0.717) is 10.3 Å². The van der Waals surface area contributed by atoms with E-state index in [0.717, 1.165) is 25.1 Å².